The molecule has 2 nitrogen and oxygen atoms in total. The van der Waals surface area contributed by atoms with Crippen LogP contribution in [0.1, 0.15) is 39.4 Å². The molecule has 1 atom stereocenters. The van der Waals surface area contributed by atoms with Gasteiger partial charge in [0.15, 0.2) is 0 Å². The fraction of sp³-hybridized carbons (Fsp3) is 0.133. The molecule has 0 fully saturated rings. The maximum Gasteiger partial charge on any atom is 0.0708 e. The van der Waals surface area contributed by atoms with Crippen molar-refractivity contribution in [2.24, 2.45) is 0 Å². The molecule has 0 aliphatic rings. The second-order valence-corrected chi connectivity index (χ2v) is 8.47. The fourth-order valence-electron chi connectivity index (χ4n) is 4.78. The normalized spacial score (nSPS) is 12.1. The van der Waals surface area contributed by atoms with E-state index in [-0.39, 0.29) is 5.92 Å². The van der Waals surface area contributed by atoms with Crippen molar-refractivity contribution in [3.63, 3.8) is 0 Å². The van der Waals surface area contributed by atoms with E-state index in [1.807, 2.05) is 18.5 Å². The first kappa shape index (κ1) is 20.1. The number of hydrogen-bond acceptors (Lipinski definition) is 2. The van der Waals surface area contributed by atoms with Crippen LogP contribution in [0.15, 0.2) is 97.3 Å². The Labute approximate surface area is 189 Å². The van der Waals surface area contributed by atoms with Crippen molar-refractivity contribution in [3.8, 4) is 11.1 Å². The van der Waals surface area contributed by atoms with Gasteiger partial charge in [0.1, 0.15) is 0 Å². The summed E-state index contributed by atoms with van der Waals surface area (Å²) in [4.78, 5) is 9.37. The molecule has 0 amide bonds. The third-order valence-electron chi connectivity index (χ3n) is 6.24. The van der Waals surface area contributed by atoms with Crippen LogP contribution in [0.3, 0.4) is 0 Å². The van der Waals surface area contributed by atoms with E-state index in [0.29, 0.717) is 0 Å². The molecular formula is C30H26N2. The molecule has 0 bridgehead atoms. The van der Waals surface area contributed by atoms with Gasteiger partial charge in [0.2, 0.25) is 0 Å². The molecule has 156 valence electrons. The summed E-state index contributed by atoms with van der Waals surface area (Å²) in [6, 6.07) is 30.2. The van der Waals surface area contributed by atoms with Crippen LogP contribution >= 0.6 is 0 Å². The standard InChI is InChI=1S/C30H26N2/c1-20-9-7-12-24(17-20)30(26-13-8-16-31-19-26)25-14-15-28-27(18-25)21(2)29(22(3)32-28)23-10-5-4-6-11-23/h4-19,30H,1-3H3. The van der Waals surface area contributed by atoms with Crippen LogP contribution in [-0.4, -0.2) is 9.97 Å². The van der Waals surface area contributed by atoms with Crippen LogP contribution in [-0.2, 0) is 0 Å². The number of nitrogens with zero attached hydrogens (tertiary/aromatic N) is 2. The average molecular weight is 415 g/mol. The van der Waals surface area contributed by atoms with Crippen molar-refractivity contribution in [2.45, 2.75) is 26.7 Å². The topological polar surface area (TPSA) is 25.8 Å². The van der Waals surface area contributed by atoms with Crippen LogP contribution in [0.5, 0.6) is 0 Å². The minimum atomic E-state index is 0.119. The minimum absolute atomic E-state index is 0.119. The highest BCUT2D eigenvalue weighted by atomic mass is 14.7. The number of hydrogen-bond donors (Lipinski definition) is 0. The molecule has 0 aliphatic heterocycles. The molecule has 2 heterocycles. The molecule has 0 radical (unpaired) electrons. The monoisotopic (exact) mass is 414 g/mol. The molecule has 0 N–H and O–H groups in total. The van der Waals surface area contributed by atoms with Crippen molar-refractivity contribution in [1.82, 2.24) is 9.97 Å². The van der Waals surface area contributed by atoms with Gasteiger partial charge in [-0.25, -0.2) is 0 Å². The summed E-state index contributed by atoms with van der Waals surface area (Å²) in [5, 5.41) is 1.20. The number of fused-ring (bicyclic) bond motifs is 1. The summed E-state index contributed by atoms with van der Waals surface area (Å²) in [6.45, 7) is 6.47. The fourth-order valence-corrected chi connectivity index (χ4v) is 4.78. The average Bonchev–Trinajstić information content (AvgIpc) is 2.81. The summed E-state index contributed by atoms with van der Waals surface area (Å²) in [5.74, 6) is 0.119. The Bertz CT molecular complexity index is 1390. The van der Waals surface area contributed by atoms with Gasteiger partial charge >= 0.3 is 0 Å². The van der Waals surface area contributed by atoms with Crippen LogP contribution in [0.4, 0.5) is 0 Å². The van der Waals surface area contributed by atoms with Gasteiger partial charge in [-0.2, -0.15) is 0 Å². The lowest BCUT2D eigenvalue weighted by Gasteiger charge is -2.20. The Morgan fingerprint density at radius 1 is 0.688 bits per heavy atom. The van der Waals surface area contributed by atoms with Crippen molar-refractivity contribution in [1.29, 1.82) is 0 Å². The third-order valence-corrected chi connectivity index (χ3v) is 6.24. The number of aryl methyl sites for hydroxylation is 3. The maximum atomic E-state index is 4.96. The van der Waals surface area contributed by atoms with Gasteiger partial charge in [-0.3, -0.25) is 9.97 Å². The quantitative estimate of drug-likeness (QED) is 0.306. The first-order valence-electron chi connectivity index (χ1n) is 11.0. The van der Waals surface area contributed by atoms with E-state index in [0.717, 1.165) is 11.2 Å². The van der Waals surface area contributed by atoms with E-state index in [1.165, 1.54) is 44.3 Å². The summed E-state index contributed by atoms with van der Waals surface area (Å²) in [5.41, 5.74) is 10.8. The Morgan fingerprint density at radius 3 is 2.22 bits per heavy atom. The Balaban J connectivity index is 1.73. The highest BCUT2D eigenvalue weighted by Gasteiger charge is 2.19. The molecule has 0 aliphatic carbocycles. The highest BCUT2D eigenvalue weighted by molar-refractivity contribution is 5.90. The Hall–Kier alpha value is -3.78. The van der Waals surface area contributed by atoms with E-state index in [9.17, 15) is 0 Å². The second kappa shape index (κ2) is 8.39. The van der Waals surface area contributed by atoms with E-state index in [2.05, 4.69) is 105 Å². The molecule has 0 saturated heterocycles. The molecule has 0 spiro atoms. The molecular weight excluding hydrogens is 388 g/mol. The van der Waals surface area contributed by atoms with Crippen LogP contribution in [0.2, 0.25) is 0 Å². The lowest BCUT2D eigenvalue weighted by Crippen LogP contribution is -2.05. The van der Waals surface area contributed by atoms with E-state index in [4.69, 9.17) is 4.98 Å². The SMILES string of the molecule is Cc1cccc(C(c2cccnc2)c2ccc3nc(C)c(-c4ccccc4)c(C)c3c2)c1. The lowest BCUT2D eigenvalue weighted by molar-refractivity contribution is 0.962. The molecule has 3 aromatic carbocycles. The number of rotatable bonds is 4. The third kappa shape index (κ3) is 3.69. The van der Waals surface area contributed by atoms with Gasteiger partial charge in [-0.15, -0.1) is 0 Å². The van der Waals surface area contributed by atoms with Gasteiger partial charge in [0.05, 0.1) is 5.52 Å². The van der Waals surface area contributed by atoms with E-state index in [1.54, 1.807) is 0 Å². The molecule has 2 heteroatoms. The second-order valence-electron chi connectivity index (χ2n) is 8.47. The molecule has 1 unspecified atom stereocenters. The van der Waals surface area contributed by atoms with Crippen molar-refractivity contribution in [2.75, 3.05) is 0 Å². The molecule has 5 aromatic rings. The minimum Gasteiger partial charge on any atom is -0.264 e. The lowest BCUT2D eigenvalue weighted by atomic mass is 9.84. The molecule has 32 heavy (non-hydrogen) atoms. The zero-order chi connectivity index (χ0) is 22.1. The van der Waals surface area contributed by atoms with E-state index < -0.39 is 0 Å². The molecule has 2 aromatic heterocycles. The number of pyridine rings is 2. The predicted molar refractivity (Wildman–Crippen MR) is 133 cm³/mol. The summed E-state index contributed by atoms with van der Waals surface area (Å²) in [7, 11) is 0. The predicted octanol–water partition coefficient (Wildman–Crippen LogP) is 7.40. The summed E-state index contributed by atoms with van der Waals surface area (Å²) >= 11 is 0. The van der Waals surface area contributed by atoms with Gasteiger partial charge in [-0.05, 0) is 66.8 Å². The van der Waals surface area contributed by atoms with Crippen molar-refractivity contribution < 1.29 is 0 Å². The number of benzene rings is 3. The number of aromatic nitrogens is 2. The largest absolute Gasteiger partial charge is 0.264 e. The van der Waals surface area contributed by atoms with Crippen molar-refractivity contribution >= 4 is 10.9 Å². The van der Waals surface area contributed by atoms with Gasteiger partial charge in [0, 0.05) is 35.0 Å². The maximum absolute atomic E-state index is 4.96. The first-order valence-corrected chi connectivity index (χ1v) is 11.0. The zero-order valence-electron chi connectivity index (χ0n) is 18.7. The smallest absolute Gasteiger partial charge is 0.0708 e. The van der Waals surface area contributed by atoms with E-state index >= 15 is 0 Å². The Kier molecular flexibility index (Phi) is 5.28. The van der Waals surface area contributed by atoms with Crippen LogP contribution in [0.25, 0.3) is 22.0 Å². The van der Waals surface area contributed by atoms with Crippen LogP contribution in [0, 0.1) is 20.8 Å². The zero-order valence-corrected chi connectivity index (χ0v) is 18.7. The van der Waals surface area contributed by atoms with Gasteiger partial charge in [0.25, 0.3) is 0 Å². The highest BCUT2D eigenvalue weighted by Crippen LogP contribution is 2.36. The van der Waals surface area contributed by atoms with Crippen molar-refractivity contribution in [3.05, 3.63) is 131 Å². The van der Waals surface area contributed by atoms with Gasteiger partial charge < -0.3 is 0 Å². The Morgan fingerprint density at radius 2 is 1.47 bits per heavy atom. The first-order chi connectivity index (χ1) is 15.6. The molecule has 5 rings (SSSR count). The van der Waals surface area contributed by atoms with Crippen LogP contribution < -0.4 is 0 Å². The summed E-state index contributed by atoms with van der Waals surface area (Å²) in [6.07, 6.45) is 3.81. The van der Waals surface area contributed by atoms with Gasteiger partial charge in [-0.1, -0.05) is 72.3 Å². The summed E-state index contributed by atoms with van der Waals surface area (Å²) < 4.78 is 0. The molecule has 0 saturated carbocycles.